The zero-order chi connectivity index (χ0) is 20.7. The number of carboxylic acids is 2. The Kier molecular flexibility index (Phi) is 6.74. The maximum Gasteiger partial charge on any atom is 0.353 e. The van der Waals surface area contributed by atoms with E-state index in [9.17, 15) is 22.8 Å². The van der Waals surface area contributed by atoms with Crippen molar-refractivity contribution < 1.29 is 33.0 Å². The first kappa shape index (κ1) is 20.9. The zero-order valence-electron chi connectivity index (χ0n) is 14.1. The van der Waals surface area contributed by atoms with E-state index in [-0.39, 0.29) is 15.5 Å². The largest absolute Gasteiger partial charge is 0.481 e. The van der Waals surface area contributed by atoms with Crippen molar-refractivity contribution in [1.82, 2.24) is 10.9 Å². The van der Waals surface area contributed by atoms with Crippen LogP contribution in [0.15, 0.2) is 57.8 Å². The molecular formula is C16H15N3O7S2. The van der Waals surface area contributed by atoms with Crippen LogP contribution in [-0.4, -0.2) is 36.5 Å². The molecule has 148 valence electrons. The molecule has 0 saturated heterocycles. The lowest BCUT2D eigenvalue weighted by Crippen LogP contribution is -2.39. The van der Waals surface area contributed by atoms with Gasteiger partial charge in [0, 0.05) is 11.3 Å². The van der Waals surface area contributed by atoms with Crippen molar-refractivity contribution in [2.45, 2.75) is 10.6 Å². The Balaban J connectivity index is 2.00. The molecule has 28 heavy (non-hydrogen) atoms. The molecule has 0 aliphatic heterocycles. The fourth-order valence-electron chi connectivity index (χ4n) is 1.89. The minimum atomic E-state index is -3.71. The Bertz CT molecular complexity index is 997. The maximum atomic E-state index is 12.1. The van der Waals surface area contributed by atoms with Crippen LogP contribution >= 0.6 is 11.3 Å². The van der Waals surface area contributed by atoms with Crippen molar-refractivity contribution in [2.75, 3.05) is 4.72 Å². The molecule has 0 spiro atoms. The van der Waals surface area contributed by atoms with Gasteiger partial charge in [-0.15, -0.1) is 11.3 Å². The van der Waals surface area contributed by atoms with Crippen LogP contribution < -0.4 is 15.6 Å². The summed E-state index contributed by atoms with van der Waals surface area (Å²) in [4.78, 5) is 33.5. The third-order valence-electron chi connectivity index (χ3n) is 3.18. The molecule has 0 aliphatic carbocycles. The van der Waals surface area contributed by atoms with Gasteiger partial charge in [-0.1, -0.05) is 6.07 Å². The van der Waals surface area contributed by atoms with Gasteiger partial charge in [-0.25, -0.2) is 13.2 Å². The number of hydrazine groups is 1. The van der Waals surface area contributed by atoms with Gasteiger partial charge >= 0.3 is 11.9 Å². The number of anilines is 1. The predicted molar refractivity (Wildman–Crippen MR) is 100 cm³/mol. The van der Waals surface area contributed by atoms with Gasteiger partial charge in [-0.05, 0) is 41.8 Å². The molecular weight excluding hydrogens is 410 g/mol. The molecule has 0 saturated carbocycles. The average Bonchev–Trinajstić information content (AvgIpc) is 3.17. The summed E-state index contributed by atoms with van der Waals surface area (Å²) in [5, 5.41) is 19.1. The highest BCUT2D eigenvalue weighted by atomic mass is 32.2. The Morgan fingerprint density at radius 2 is 1.71 bits per heavy atom. The lowest BCUT2D eigenvalue weighted by atomic mass is 10.2. The Labute approximate surface area is 163 Å². The number of aliphatic carboxylic acids is 2. The number of benzene rings is 1. The van der Waals surface area contributed by atoms with Crippen LogP contribution in [0.1, 0.15) is 16.8 Å². The average molecular weight is 425 g/mol. The highest BCUT2D eigenvalue weighted by Crippen LogP contribution is 2.20. The molecule has 10 nitrogen and oxygen atoms in total. The van der Waals surface area contributed by atoms with Crippen LogP contribution in [-0.2, 0) is 19.6 Å². The quantitative estimate of drug-likeness (QED) is 0.296. The molecule has 0 atom stereocenters. The fourth-order valence-corrected chi connectivity index (χ4v) is 3.94. The van der Waals surface area contributed by atoms with Gasteiger partial charge in [0.1, 0.15) is 9.91 Å². The zero-order valence-corrected chi connectivity index (χ0v) is 15.7. The summed E-state index contributed by atoms with van der Waals surface area (Å²) in [6.07, 6.45) is 0.358. The summed E-state index contributed by atoms with van der Waals surface area (Å²) in [5.41, 5.74) is 4.12. The Morgan fingerprint density at radius 3 is 2.25 bits per heavy atom. The van der Waals surface area contributed by atoms with Gasteiger partial charge in [0.2, 0.25) is 0 Å². The third kappa shape index (κ3) is 5.82. The second-order valence-electron chi connectivity index (χ2n) is 5.21. The van der Waals surface area contributed by atoms with Gasteiger partial charge in [-0.2, -0.15) is 0 Å². The van der Waals surface area contributed by atoms with Crippen LogP contribution in [0, 0.1) is 0 Å². The maximum absolute atomic E-state index is 12.1. The van der Waals surface area contributed by atoms with Crippen LogP contribution in [0.2, 0.25) is 0 Å². The van der Waals surface area contributed by atoms with Crippen molar-refractivity contribution in [3.05, 3.63) is 59.1 Å². The van der Waals surface area contributed by atoms with Crippen molar-refractivity contribution in [3.8, 4) is 0 Å². The molecule has 0 aliphatic rings. The minimum absolute atomic E-state index is 0.120. The molecule has 1 aromatic heterocycles. The van der Waals surface area contributed by atoms with Crippen molar-refractivity contribution in [1.29, 1.82) is 0 Å². The molecule has 2 aromatic rings. The topological polar surface area (TPSA) is 162 Å². The molecule has 1 heterocycles. The van der Waals surface area contributed by atoms with E-state index in [2.05, 4.69) is 15.6 Å². The number of carbonyl (C=O) groups excluding carboxylic acids is 1. The van der Waals surface area contributed by atoms with Crippen molar-refractivity contribution in [2.24, 2.45) is 0 Å². The highest BCUT2D eigenvalue weighted by molar-refractivity contribution is 7.94. The van der Waals surface area contributed by atoms with Gasteiger partial charge in [-0.3, -0.25) is 25.2 Å². The van der Waals surface area contributed by atoms with E-state index in [0.29, 0.717) is 0 Å². The standard InChI is InChI=1S/C16H15N3O7S2/c20-13(21)8-7-12(16(23)24)17-18-15(22)10-3-5-11(6-4-10)19-28(25,26)14-2-1-9-27-14/h1-7,9,17,19H,8H2,(H,18,22)(H,20,21)(H,23,24)/b12-7+. The van der Waals surface area contributed by atoms with Crippen LogP contribution in [0.4, 0.5) is 5.69 Å². The minimum Gasteiger partial charge on any atom is -0.481 e. The Hall–Kier alpha value is -3.38. The number of hydrogen-bond donors (Lipinski definition) is 5. The molecule has 0 radical (unpaired) electrons. The number of thiophene rings is 1. The number of carbonyl (C=O) groups is 3. The summed E-state index contributed by atoms with van der Waals surface area (Å²) >= 11 is 1.06. The van der Waals surface area contributed by atoms with Crippen LogP contribution in [0.3, 0.4) is 0 Å². The van der Waals surface area contributed by atoms with E-state index < -0.39 is 40.0 Å². The predicted octanol–water partition coefficient (Wildman–Crippen LogP) is 1.23. The highest BCUT2D eigenvalue weighted by Gasteiger charge is 2.16. The number of hydrogen-bond acceptors (Lipinski definition) is 7. The monoisotopic (exact) mass is 425 g/mol. The third-order valence-corrected chi connectivity index (χ3v) is 5.96. The van der Waals surface area contributed by atoms with E-state index in [1.165, 1.54) is 30.3 Å². The van der Waals surface area contributed by atoms with E-state index in [1.807, 2.05) is 0 Å². The summed E-state index contributed by atoms with van der Waals surface area (Å²) in [7, 11) is -3.71. The molecule has 1 aromatic carbocycles. The molecule has 2 rings (SSSR count). The number of carboxylic acid groups (broad SMARTS) is 2. The van der Waals surface area contributed by atoms with E-state index in [0.717, 1.165) is 17.4 Å². The van der Waals surface area contributed by atoms with Crippen molar-refractivity contribution >= 4 is 44.9 Å². The summed E-state index contributed by atoms with van der Waals surface area (Å²) in [6, 6.07) is 8.49. The summed E-state index contributed by atoms with van der Waals surface area (Å²) in [6.45, 7) is 0. The van der Waals surface area contributed by atoms with E-state index in [4.69, 9.17) is 10.2 Å². The molecule has 0 fully saturated rings. The summed E-state index contributed by atoms with van der Waals surface area (Å²) in [5.74, 6) is -3.37. The van der Waals surface area contributed by atoms with Gasteiger partial charge in [0.05, 0.1) is 6.42 Å². The molecule has 12 heteroatoms. The Morgan fingerprint density at radius 1 is 1.04 bits per heavy atom. The first-order chi connectivity index (χ1) is 13.2. The van der Waals surface area contributed by atoms with Crippen LogP contribution in [0.5, 0.6) is 0 Å². The van der Waals surface area contributed by atoms with Gasteiger partial charge < -0.3 is 10.2 Å². The lowest BCUT2D eigenvalue weighted by Gasteiger charge is -2.10. The van der Waals surface area contributed by atoms with Gasteiger partial charge in [0.15, 0.2) is 0 Å². The second-order valence-corrected chi connectivity index (χ2v) is 8.07. The van der Waals surface area contributed by atoms with E-state index in [1.54, 1.807) is 11.4 Å². The van der Waals surface area contributed by atoms with Crippen LogP contribution in [0.25, 0.3) is 0 Å². The molecule has 1 amide bonds. The van der Waals surface area contributed by atoms with E-state index >= 15 is 0 Å². The SMILES string of the molecule is O=C(O)C/C=C(/NNC(=O)c1ccc(NS(=O)(=O)c2cccs2)cc1)C(=O)O. The molecule has 0 bridgehead atoms. The van der Waals surface area contributed by atoms with Gasteiger partial charge in [0.25, 0.3) is 15.9 Å². The normalized spacial score (nSPS) is 11.5. The summed E-state index contributed by atoms with van der Waals surface area (Å²) < 4.78 is 26.8. The first-order valence-electron chi connectivity index (χ1n) is 7.57. The number of amides is 1. The molecule has 5 N–H and O–H groups in total. The molecule has 0 unspecified atom stereocenters. The van der Waals surface area contributed by atoms with Crippen molar-refractivity contribution in [3.63, 3.8) is 0 Å². The fraction of sp³-hybridized carbons (Fsp3) is 0.0625. The second kappa shape index (κ2) is 9.01. The smallest absolute Gasteiger partial charge is 0.353 e. The number of sulfonamides is 1. The first-order valence-corrected chi connectivity index (χ1v) is 9.93. The number of nitrogens with one attached hydrogen (secondary N) is 3. The number of rotatable bonds is 9. The lowest BCUT2D eigenvalue weighted by molar-refractivity contribution is -0.136.